The van der Waals surface area contributed by atoms with E-state index in [2.05, 4.69) is 26.5 Å². The minimum absolute atomic E-state index is 0.00955. The molecule has 0 saturated heterocycles. The zero-order chi connectivity index (χ0) is 18.7. The van der Waals surface area contributed by atoms with Crippen molar-refractivity contribution in [3.8, 4) is 0 Å². The second-order valence-electron chi connectivity index (χ2n) is 9.68. The minimum Gasteiger partial charge on any atom is -0.463 e. The predicted octanol–water partition coefficient (Wildman–Crippen LogP) is 4.86. The maximum Gasteiger partial charge on any atom is 0.302 e. The van der Waals surface area contributed by atoms with Gasteiger partial charge in [0.1, 0.15) is 6.10 Å². The van der Waals surface area contributed by atoms with Crippen LogP contribution in [0.2, 0.25) is 0 Å². The van der Waals surface area contributed by atoms with E-state index in [1.165, 1.54) is 38.2 Å². The quantitative estimate of drug-likeness (QED) is 0.524. The number of rotatable bonds is 2. The molecular weight excluding hydrogens is 324 g/mol. The van der Waals surface area contributed by atoms with Gasteiger partial charge in [-0.2, -0.15) is 0 Å². The van der Waals surface area contributed by atoms with Crippen LogP contribution in [0, 0.1) is 34.5 Å². The number of carbonyl (C=O) groups excluding carboxylic acids is 2. The topological polar surface area (TPSA) is 43.4 Å². The molecule has 0 aromatic heterocycles. The van der Waals surface area contributed by atoms with Crippen LogP contribution in [-0.4, -0.2) is 17.9 Å². The number of fused-ring (bicyclic) bond motifs is 5. The molecule has 0 aliphatic heterocycles. The molecule has 26 heavy (non-hydrogen) atoms. The van der Waals surface area contributed by atoms with Crippen molar-refractivity contribution in [3.63, 3.8) is 0 Å². The Balaban J connectivity index is 1.65. The molecule has 4 aliphatic rings. The van der Waals surface area contributed by atoms with Gasteiger partial charge in [0, 0.05) is 12.8 Å². The maximum atomic E-state index is 13.1. The summed E-state index contributed by atoms with van der Waals surface area (Å²) in [6.07, 6.45) is 11.5. The smallest absolute Gasteiger partial charge is 0.302 e. The Kier molecular flexibility index (Phi) is 4.20. The van der Waals surface area contributed by atoms with Gasteiger partial charge >= 0.3 is 5.97 Å². The number of ether oxygens (including phenoxy) is 1. The van der Waals surface area contributed by atoms with Gasteiger partial charge in [-0.3, -0.25) is 9.59 Å². The molecule has 0 amide bonds. The van der Waals surface area contributed by atoms with Gasteiger partial charge in [0.15, 0.2) is 5.78 Å². The van der Waals surface area contributed by atoms with Crippen LogP contribution >= 0.6 is 0 Å². The number of ketones is 1. The van der Waals surface area contributed by atoms with E-state index in [4.69, 9.17) is 4.74 Å². The highest BCUT2D eigenvalue weighted by Crippen LogP contribution is 2.65. The van der Waals surface area contributed by atoms with E-state index in [1.807, 2.05) is 6.08 Å². The maximum absolute atomic E-state index is 13.1. The molecule has 0 spiro atoms. The standard InChI is InChI=1S/C23H32O3/c1-5-15-6-7-18-17-13-21(25)20-12-16(26-14(2)24)8-10-23(20,4)19(17)9-11-22(15,18)3/h5,13,15-16,18-20H,1,6-12H2,2-4H3. The molecule has 3 heteroatoms. The molecule has 0 aromatic rings. The fourth-order valence-electron chi connectivity index (χ4n) is 7.10. The summed E-state index contributed by atoms with van der Waals surface area (Å²) in [4.78, 5) is 24.5. The number of hydrogen-bond donors (Lipinski definition) is 0. The van der Waals surface area contributed by atoms with Gasteiger partial charge in [0.25, 0.3) is 0 Å². The monoisotopic (exact) mass is 356 g/mol. The van der Waals surface area contributed by atoms with Crippen molar-refractivity contribution in [2.24, 2.45) is 34.5 Å². The third kappa shape index (κ3) is 2.46. The van der Waals surface area contributed by atoms with Crippen LogP contribution < -0.4 is 0 Å². The molecule has 7 unspecified atom stereocenters. The molecule has 4 rings (SSSR count). The van der Waals surface area contributed by atoms with E-state index in [1.54, 1.807) is 0 Å². The Morgan fingerprint density at radius 2 is 1.81 bits per heavy atom. The van der Waals surface area contributed by atoms with Crippen LogP contribution in [0.3, 0.4) is 0 Å². The van der Waals surface area contributed by atoms with Gasteiger partial charge in [-0.1, -0.05) is 25.5 Å². The summed E-state index contributed by atoms with van der Waals surface area (Å²) in [5, 5.41) is 0. The molecule has 0 heterocycles. The first-order valence-electron chi connectivity index (χ1n) is 10.3. The van der Waals surface area contributed by atoms with Gasteiger partial charge in [-0.05, 0) is 79.6 Å². The van der Waals surface area contributed by atoms with E-state index >= 15 is 0 Å². The molecule has 0 N–H and O–H groups in total. The number of hydrogen-bond acceptors (Lipinski definition) is 3. The molecule has 142 valence electrons. The number of esters is 1. The summed E-state index contributed by atoms with van der Waals surface area (Å²) < 4.78 is 5.46. The molecule has 7 atom stereocenters. The lowest BCUT2D eigenvalue weighted by atomic mass is 9.48. The van der Waals surface area contributed by atoms with Gasteiger partial charge in [-0.25, -0.2) is 0 Å². The molecule has 4 aliphatic carbocycles. The Morgan fingerprint density at radius 1 is 1.12 bits per heavy atom. The van der Waals surface area contributed by atoms with Crippen LogP contribution in [0.15, 0.2) is 24.3 Å². The molecule has 3 fully saturated rings. The lowest BCUT2D eigenvalue weighted by Gasteiger charge is -2.56. The highest BCUT2D eigenvalue weighted by atomic mass is 16.5. The van der Waals surface area contributed by atoms with Crippen molar-refractivity contribution >= 4 is 11.8 Å². The zero-order valence-corrected chi connectivity index (χ0v) is 16.4. The molecule has 0 aromatic carbocycles. The number of allylic oxidation sites excluding steroid dienone is 3. The van der Waals surface area contributed by atoms with Crippen LogP contribution in [0.4, 0.5) is 0 Å². The largest absolute Gasteiger partial charge is 0.463 e. The highest BCUT2D eigenvalue weighted by Gasteiger charge is 2.59. The first-order chi connectivity index (χ1) is 12.3. The third-order valence-corrected chi connectivity index (χ3v) is 8.55. The van der Waals surface area contributed by atoms with Crippen molar-refractivity contribution in [2.75, 3.05) is 0 Å². The summed E-state index contributed by atoms with van der Waals surface area (Å²) in [6.45, 7) is 10.3. The van der Waals surface area contributed by atoms with Crippen LogP contribution in [0.5, 0.6) is 0 Å². The van der Waals surface area contributed by atoms with Crippen LogP contribution in [0.25, 0.3) is 0 Å². The van der Waals surface area contributed by atoms with Gasteiger partial charge < -0.3 is 4.74 Å². The summed E-state index contributed by atoms with van der Waals surface area (Å²) in [6, 6.07) is 0. The summed E-state index contributed by atoms with van der Waals surface area (Å²) in [7, 11) is 0. The van der Waals surface area contributed by atoms with Crippen molar-refractivity contribution in [2.45, 2.75) is 71.8 Å². The van der Waals surface area contributed by atoms with E-state index in [9.17, 15) is 9.59 Å². The predicted molar refractivity (Wildman–Crippen MR) is 101 cm³/mol. The van der Waals surface area contributed by atoms with Crippen molar-refractivity contribution in [3.05, 3.63) is 24.3 Å². The first kappa shape index (κ1) is 18.0. The fraction of sp³-hybridized carbons (Fsp3) is 0.739. The van der Waals surface area contributed by atoms with Crippen LogP contribution in [-0.2, 0) is 14.3 Å². The average Bonchev–Trinajstić information content (AvgIpc) is 2.92. The molecular formula is C23H32O3. The van der Waals surface area contributed by atoms with Crippen molar-refractivity contribution in [1.82, 2.24) is 0 Å². The fourth-order valence-corrected chi connectivity index (χ4v) is 7.10. The highest BCUT2D eigenvalue weighted by molar-refractivity contribution is 5.94. The van der Waals surface area contributed by atoms with Crippen LogP contribution in [0.1, 0.15) is 65.7 Å². The molecule has 3 saturated carbocycles. The van der Waals surface area contributed by atoms with E-state index < -0.39 is 0 Å². The molecule has 0 bridgehead atoms. The Labute approximate surface area is 157 Å². The zero-order valence-electron chi connectivity index (χ0n) is 16.4. The number of carbonyl (C=O) groups is 2. The SMILES string of the molecule is C=CC1CCC2C3=CC(=O)C4CC(OC(C)=O)CCC4(C)C3CCC12C. The second-order valence-corrected chi connectivity index (χ2v) is 9.68. The first-order valence-corrected chi connectivity index (χ1v) is 10.3. The van der Waals surface area contributed by atoms with Crippen molar-refractivity contribution in [1.29, 1.82) is 0 Å². The van der Waals surface area contributed by atoms with E-state index in [-0.39, 0.29) is 34.6 Å². The van der Waals surface area contributed by atoms with Crippen molar-refractivity contribution < 1.29 is 14.3 Å². The lowest BCUT2D eigenvalue weighted by Crippen LogP contribution is -2.52. The second kappa shape index (κ2) is 6.07. The Bertz CT molecular complexity index is 677. The van der Waals surface area contributed by atoms with Gasteiger partial charge in [-0.15, -0.1) is 6.58 Å². The third-order valence-electron chi connectivity index (χ3n) is 8.55. The summed E-state index contributed by atoms with van der Waals surface area (Å²) in [5.41, 5.74) is 1.76. The molecule has 3 nitrogen and oxygen atoms in total. The molecule has 0 radical (unpaired) electrons. The van der Waals surface area contributed by atoms with E-state index in [0.29, 0.717) is 24.2 Å². The summed E-state index contributed by atoms with van der Waals surface area (Å²) in [5.74, 6) is 1.70. The average molecular weight is 357 g/mol. The van der Waals surface area contributed by atoms with Gasteiger partial charge in [0.05, 0.1) is 0 Å². The Morgan fingerprint density at radius 3 is 2.50 bits per heavy atom. The van der Waals surface area contributed by atoms with E-state index in [0.717, 1.165) is 12.8 Å². The van der Waals surface area contributed by atoms with Gasteiger partial charge in [0.2, 0.25) is 0 Å². The normalized spacial score (nSPS) is 47.3. The Hall–Kier alpha value is -1.38. The lowest BCUT2D eigenvalue weighted by molar-refractivity contribution is -0.155. The minimum atomic E-state index is -0.229. The summed E-state index contributed by atoms with van der Waals surface area (Å²) >= 11 is 0.